The Balaban J connectivity index is 2.18. The molecular formula is C15H20FN3. The topological polar surface area (TPSA) is 29.9 Å². The molecule has 19 heavy (non-hydrogen) atoms. The van der Waals surface area contributed by atoms with Crippen molar-refractivity contribution in [1.29, 1.82) is 0 Å². The van der Waals surface area contributed by atoms with Gasteiger partial charge in [-0.2, -0.15) is 5.10 Å². The van der Waals surface area contributed by atoms with Crippen molar-refractivity contribution in [2.75, 3.05) is 6.54 Å². The lowest BCUT2D eigenvalue weighted by Crippen LogP contribution is -2.27. The van der Waals surface area contributed by atoms with E-state index in [1.165, 1.54) is 6.07 Å². The summed E-state index contributed by atoms with van der Waals surface area (Å²) in [4.78, 5) is 0. The van der Waals surface area contributed by atoms with E-state index in [2.05, 4.69) is 17.3 Å². The van der Waals surface area contributed by atoms with E-state index < -0.39 is 0 Å². The number of nitrogens with one attached hydrogen (secondary N) is 1. The molecule has 0 fully saturated rings. The largest absolute Gasteiger partial charge is 0.308 e. The van der Waals surface area contributed by atoms with E-state index in [1.807, 2.05) is 36.0 Å². The molecule has 1 unspecified atom stereocenters. The summed E-state index contributed by atoms with van der Waals surface area (Å²) in [5.74, 6) is -0.167. The lowest BCUT2D eigenvalue weighted by molar-refractivity contribution is 0.423. The molecule has 0 spiro atoms. The van der Waals surface area contributed by atoms with Gasteiger partial charge in [0.1, 0.15) is 5.82 Å². The number of rotatable bonds is 6. The molecule has 4 heteroatoms. The van der Waals surface area contributed by atoms with Gasteiger partial charge in [0.2, 0.25) is 0 Å². The first kappa shape index (κ1) is 13.7. The highest BCUT2D eigenvalue weighted by molar-refractivity contribution is 5.21. The van der Waals surface area contributed by atoms with Crippen molar-refractivity contribution in [3.8, 4) is 0 Å². The SMILES string of the molecule is CCCNC(Cn1ccc(C)n1)c1ccccc1F. The van der Waals surface area contributed by atoms with E-state index in [4.69, 9.17) is 0 Å². The molecular weight excluding hydrogens is 241 g/mol. The summed E-state index contributed by atoms with van der Waals surface area (Å²) in [6.07, 6.45) is 2.94. The van der Waals surface area contributed by atoms with Crippen molar-refractivity contribution < 1.29 is 4.39 Å². The third-order valence-electron chi connectivity index (χ3n) is 3.07. The predicted molar refractivity (Wildman–Crippen MR) is 74.4 cm³/mol. The van der Waals surface area contributed by atoms with Gasteiger partial charge in [0, 0.05) is 11.8 Å². The van der Waals surface area contributed by atoms with E-state index in [0.717, 1.165) is 18.7 Å². The van der Waals surface area contributed by atoms with Gasteiger partial charge >= 0.3 is 0 Å². The van der Waals surface area contributed by atoms with Gasteiger partial charge in [-0.3, -0.25) is 4.68 Å². The molecule has 2 rings (SSSR count). The summed E-state index contributed by atoms with van der Waals surface area (Å²) in [6.45, 7) is 5.55. The van der Waals surface area contributed by atoms with Gasteiger partial charge < -0.3 is 5.32 Å². The van der Waals surface area contributed by atoms with Crippen LogP contribution >= 0.6 is 0 Å². The maximum absolute atomic E-state index is 13.9. The Morgan fingerprint density at radius 2 is 2.11 bits per heavy atom. The zero-order valence-corrected chi connectivity index (χ0v) is 11.4. The number of benzene rings is 1. The molecule has 1 heterocycles. The van der Waals surface area contributed by atoms with Crippen LogP contribution in [0, 0.1) is 12.7 Å². The third-order valence-corrected chi connectivity index (χ3v) is 3.07. The van der Waals surface area contributed by atoms with E-state index in [9.17, 15) is 4.39 Å². The molecule has 3 nitrogen and oxygen atoms in total. The molecule has 1 aromatic carbocycles. The summed E-state index contributed by atoms with van der Waals surface area (Å²) in [5, 5.41) is 7.75. The van der Waals surface area contributed by atoms with Crippen molar-refractivity contribution in [3.05, 3.63) is 53.6 Å². The molecule has 0 radical (unpaired) electrons. The van der Waals surface area contributed by atoms with Gasteiger partial charge in [-0.15, -0.1) is 0 Å². The molecule has 0 aliphatic heterocycles. The van der Waals surface area contributed by atoms with Crippen molar-refractivity contribution in [1.82, 2.24) is 15.1 Å². The number of halogens is 1. The number of aromatic nitrogens is 2. The second kappa shape index (κ2) is 6.48. The zero-order valence-electron chi connectivity index (χ0n) is 11.4. The summed E-state index contributed by atoms with van der Waals surface area (Å²) >= 11 is 0. The summed E-state index contributed by atoms with van der Waals surface area (Å²) < 4.78 is 15.8. The first-order valence-electron chi connectivity index (χ1n) is 6.68. The van der Waals surface area contributed by atoms with Crippen molar-refractivity contribution in [2.24, 2.45) is 0 Å². The standard InChI is InChI=1S/C15H20FN3/c1-3-9-17-15(11-19-10-8-12(2)18-19)13-6-4-5-7-14(13)16/h4-8,10,15,17H,3,9,11H2,1-2H3. The predicted octanol–water partition coefficient (Wildman–Crippen LogP) is 3.07. The minimum atomic E-state index is -0.167. The van der Waals surface area contributed by atoms with Crippen molar-refractivity contribution >= 4 is 0 Å². The monoisotopic (exact) mass is 261 g/mol. The molecule has 1 N–H and O–H groups in total. The number of nitrogens with zero attached hydrogens (tertiary/aromatic N) is 2. The van der Waals surface area contributed by atoms with Gasteiger partial charge in [-0.1, -0.05) is 25.1 Å². The number of hydrogen-bond acceptors (Lipinski definition) is 2. The van der Waals surface area contributed by atoms with Crippen LogP contribution in [0.2, 0.25) is 0 Å². The van der Waals surface area contributed by atoms with E-state index in [-0.39, 0.29) is 11.9 Å². The number of aryl methyl sites for hydroxylation is 1. The van der Waals surface area contributed by atoms with Crippen LogP contribution < -0.4 is 5.32 Å². The minimum absolute atomic E-state index is 0.0551. The van der Waals surface area contributed by atoms with E-state index in [0.29, 0.717) is 12.1 Å². The van der Waals surface area contributed by atoms with Crippen LogP contribution in [0.1, 0.15) is 30.6 Å². The average molecular weight is 261 g/mol. The van der Waals surface area contributed by atoms with Crippen LogP contribution in [0.25, 0.3) is 0 Å². The fraction of sp³-hybridized carbons (Fsp3) is 0.400. The lowest BCUT2D eigenvalue weighted by atomic mass is 10.1. The molecule has 2 aromatic rings. The highest BCUT2D eigenvalue weighted by Crippen LogP contribution is 2.18. The Labute approximate surface area is 113 Å². The van der Waals surface area contributed by atoms with Gasteiger partial charge in [-0.05, 0) is 32.0 Å². The first-order chi connectivity index (χ1) is 9.20. The maximum atomic E-state index is 13.9. The summed E-state index contributed by atoms with van der Waals surface area (Å²) in [6, 6.07) is 8.82. The van der Waals surface area contributed by atoms with Crippen LogP contribution in [0.4, 0.5) is 4.39 Å². The van der Waals surface area contributed by atoms with Crippen molar-refractivity contribution in [2.45, 2.75) is 32.9 Å². The second-order valence-corrected chi connectivity index (χ2v) is 4.71. The van der Waals surface area contributed by atoms with Gasteiger partial charge in [0.25, 0.3) is 0 Å². The molecule has 0 aliphatic carbocycles. The summed E-state index contributed by atoms with van der Waals surface area (Å²) in [5.41, 5.74) is 1.67. The Morgan fingerprint density at radius 1 is 1.32 bits per heavy atom. The third kappa shape index (κ3) is 3.64. The van der Waals surface area contributed by atoms with E-state index in [1.54, 1.807) is 6.07 Å². The Bertz CT molecular complexity index is 522. The highest BCUT2D eigenvalue weighted by Gasteiger charge is 2.15. The first-order valence-corrected chi connectivity index (χ1v) is 6.68. The molecule has 0 amide bonds. The van der Waals surface area contributed by atoms with Crippen molar-refractivity contribution in [3.63, 3.8) is 0 Å². The van der Waals surface area contributed by atoms with Crippen LogP contribution in [0.15, 0.2) is 36.5 Å². The van der Waals surface area contributed by atoms with Crippen LogP contribution in [0.5, 0.6) is 0 Å². The fourth-order valence-corrected chi connectivity index (χ4v) is 2.10. The normalized spacial score (nSPS) is 12.6. The average Bonchev–Trinajstić information content (AvgIpc) is 2.81. The van der Waals surface area contributed by atoms with E-state index >= 15 is 0 Å². The van der Waals surface area contributed by atoms with Gasteiger partial charge in [-0.25, -0.2) is 4.39 Å². The molecule has 0 saturated heterocycles. The van der Waals surface area contributed by atoms with Crippen LogP contribution in [0.3, 0.4) is 0 Å². The number of hydrogen-bond donors (Lipinski definition) is 1. The minimum Gasteiger partial charge on any atom is -0.308 e. The smallest absolute Gasteiger partial charge is 0.128 e. The lowest BCUT2D eigenvalue weighted by Gasteiger charge is -2.19. The fourth-order valence-electron chi connectivity index (χ4n) is 2.10. The Kier molecular flexibility index (Phi) is 4.68. The molecule has 1 aromatic heterocycles. The van der Waals surface area contributed by atoms with Gasteiger partial charge in [0.05, 0.1) is 18.3 Å². The molecule has 102 valence electrons. The molecule has 0 aliphatic rings. The quantitative estimate of drug-likeness (QED) is 0.866. The summed E-state index contributed by atoms with van der Waals surface area (Å²) in [7, 11) is 0. The van der Waals surface area contributed by atoms with Crippen LogP contribution in [-0.2, 0) is 6.54 Å². The van der Waals surface area contributed by atoms with Crippen LogP contribution in [-0.4, -0.2) is 16.3 Å². The van der Waals surface area contributed by atoms with Gasteiger partial charge in [0.15, 0.2) is 0 Å². The second-order valence-electron chi connectivity index (χ2n) is 4.71. The zero-order chi connectivity index (χ0) is 13.7. The molecule has 0 bridgehead atoms. The maximum Gasteiger partial charge on any atom is 0.128 e. The Hall–Kier alpha value is -1.68. The Morgan fingerprint density at radius 3 is 2.74 bits per heavy atom. The molecule has 0 saturated carbocycles. The molecule has 1 atom stereocenters. The highest BCUT2D eigenvalue weighted by atomic mass is 19.1.